The Morgan fingerprint density at radius 2 is 1.40 bits per heavy atom. The van der Waals surface area contributed by atoms with Gasteiger partial charge in [0.15, 0.2) is 0 Å². The maximum Gasteiger partial charge on any atom is 0.0540 e. The Morgan fingerprint density at radius 3 is 1.60 bits per heavy atom. The van der Waals surface area contributed by atoms with Crippen LogP contribution in [0.4, 0.5) is 0 Å². The van der Waals surface area contributed by atoms with Crippen LogP contribution in [0.5, 0.6) is 0 Å². The first-order valence-electron chi connectivity index (χ1n) is 4.07. The molecule has 1 saturated carbocycles. The molecule has 2 heteroatoms. The normalized spacial score (nSPS) is 18.3. The van der Waals surface area contributed by atoms with E-state index >= 15 is 0 Å². The van der Waals surface area contributed by atoms with E-state index < -0.39 is 0 Å². The van der Waals surface area contributed by atoms with Gasteiger partial charge in [0.2, 0.25) is 0 Å². The van der Waals surface area contributed by atoms with E-state index in [0.717, 1.165) is 12.8 Å². The van der Waals surface area contributed by atoms with Crippen LogP contribution in [-0.2, 0) is 0 Å². The molecule has 0 aromatic carbocycles. The third-order valence-electron chi connectivity index (χ3n) is 1.57. The van der Waals surface area contributed by atoms with Gasteiger partial charge in [-0.3, -0.25) is 0 Å². The molecule has 1 aliphatic carbocycles. The Hall–Kier alpha value is -0.0800. The molecule has 0 aromatic rings. The minimum atomic E-state index is 0. The second-order valence-corrected chi connectivity index (χ2v) is 2.29. The van der Waals surface area contributed by atoms with E-state index in [4.69, 9.17) is 5.11 Å². The predicted molar refractivity (Wildman–Crippen MR) is 44.1 cm³/mol. The molecule has 1 rings (SSSR count). The van der Waals surface area contributed by atoms with Crippen LogP contribution in [0.25, 0.3) is 0 Å². The van der Waals surface area contributed by atoms with Crippen LogP contribution in [0, 0.1) is 0 Å². The lowest BCUT2D eigenvalue weighted by atomic mass is 9.98. The van der Waals surface area contributed by atoms with Crippen LogP contribution in [0.1, 0.15) is 46.0 Å². The first kappa shape index (κ1) is 12.6. The van der Waals surface area contributed by atoms with E-state index in [0.29, 0.717) is 0 Å². The highest BCUT2D eigenvalue weighted by molar-refractivity contribution is 4.61. The van der Waals surface area contributed by atoms with Crippen LogP contribution < -0.4 is 0 Å². The molecule has 0 aromatic heterocycles. The van der Waals surface area contributed by atoms with E-state index in [2.05, 4.69) is 0 Å². The van der Waals surface area contributed by atoms with Gasteiger partial charge in [-0.05, 0) is 12.8 Å². The number of aliphatic hydroxyl groups is 1. The van der Waals surface area contributed by atoms with Gasteiger partial charge in [-0.1, -0.05) is 33.1 Å². The zero-order valence-electron chi connectivity index (χ0n) is 7.06. The summed E-state index contributed by atoms with van der Waals surface area (Å²) in [5.41, 5.74) is 0. The predicted octanol–water partition coefficient (Wildman–Crippen LogP) is 1.51. The molecule has 0 heterocycles. The fourth-order valence-electron chi connectivity index (χ4n) is 1.08. The zero-order valence-corrected chi connectivity index (χ0v) is 7.06. The summed E-state index contributed by atoms with van der Waals surface area (Å²) < 4.78 is 0. The number of hydrogen-bond acceptors (Lipinski definition) is 1. The second kappa shape index (κ2) is 8.92. The summed E-state index contributed by atoms with van der Waals surface area (Å²) in [4.78, 5) is 0. The average molecular weight is 148 g/mol. The minimum Gasteiger partial charge on any atom is -0.412 e. The first-order valence-corrected chi connectivity index (χ1v) is 4.07. The Morgan fingerprint density at radius 1 is 1.00 bits per heavy atom. The lowest BCUT2D eigenvalue weighted by Gasteiger charge is -2.14. The molecule has 0 saturated heterocycles. The van der Waals surface area contributed by atoms with Crippen molar-refractivity contribution in [2.24, 2.45) is 0 Å². The van der Waals surface area contributed by atoms with Crippen molar-refractivity contribution in [2.45, 2.75) is 52.1 Å². The van der Waals surface area contributed by atoms with E-state index in [1.807, 2.05) is 13.8 Å². The molecule has 0 spiro atoms. The molecule has 0 aliphatic heterocycles. The molecule has 0 unspecified atom stereocenters. The molecule has 2 nitrogen and oxygen atoms in total. The average Bonchev–Trinajstić information content (AvgIpc) is 1.94. The van der Waals surface area contributed by atoms with E-state index in [1.165, 1.54) is 19.3 Å². The summed E-state index contributed by atoms with van der Waals surface area (Å²) in [5.74, 6) is 0. The van der Waals surface area contributed by atoms with Gasteiger partial charge in [-0.2, -0.15) is 0 Å². The van der Waals surface area contributed by atoms with E-state index in [-0.39, 0.29) is 11.6 Å². The van der Waals surface area contributed by atoms with Crippen LogP contribution in [0.3, 0.4) is 0 Å². The molecule has 0 radical (unpaired) electrons. The fourth-order valence-corrected chi connectivity index (χ4v) is 1.08. The van der Waals surface area contributed by atoms with Crippen molar-refractivity contribution in [2.75, 3.05) is 0 Å². The highest BCUT2D eigenvalue weighted by Crippen LogP contribution is 2.16. The molecule has 0 bridgehead atoms. The summed E-state index contributed by atoms with van der Waals surface area (Å²) >= 11 is 0. The lowest BCUT2D eigenvalue weighted by molar-refractivity contribution is 0.130. The van der Waals surface area contributed by atoms with Crippen molar-refractivity contribution in [3.8, 4) is 0 Å². The van der Waals surface area contributed by atoms with Crippen molar-refractivity contribution in [3.05, 3.63) is 0 Å². The summed E-state index contributed by atoms with van der Waals surface area (Å²) in [5, 5.41) is 8.91. The van der Waals surface area contributed by atoms with Gasteiger partial charge in [-0.15, -0.1) is 0 Å². The summed E-state index contributed by atoms with van der Waals surface area (Å²) in [6.45, 7) is 4.00. The smallest absolute Gasteiger partial charge is 0.0540 e. The van der Waals surface area contributed by atoms with Gasteiger partial charge in [0.1, 0.15) is 0 Å². The maximum atomic E-state index is 8.91. The van der Waals surface area contributed by atoms with Crippen LogP contribution in [-0.4, -0.2) is 16.7 Å². The molecule has 64 valence electrons. The standard InChI is InChI=1S/C6H12O.C2H6.H2O/c7-6-4-2-1-3-5-6;1-2;/h6-7H,1-5H2;1-2H3;1H2. The second-order valence-electron chi connectivity index (χ2n) is 2.29. The Bertz CT molecular complexity index is 49.2. The molecular formula is C8H20O2. The third kappa shape index (κ3) is 6.05. The fraction of sp³-hybridized carbons (Fsp3) is 1.00. The topological polar surface area (TPSA) is 51.7 Å². The largest absolute Gasteiger partial charge is 0.412 e. The SMILES string of the molecule is CC.O.OC1CCCCC1. The van der Waals surface area contributed by atoms with E-state index in [1.54, 1.807) is 0 Å². The van der Waals surface area contributed by atoms with Gasteiger partial charge in [0, 0.05) is 0 Å². The van der Waals surface area contributed by atoms with Gasteiger partial charge in [0.25, 0.3) is 0 Å². The van der Waals surface area contributed by atoms with Gasteiger partial charge in [-0.25, -0.2) is 0 Å². The highest BCUT2D eigenvalue weighted by atomic mass is 16.3. The lowest BCUT2D eigenvalue weighted by Crippen LogP contribution is -2.09. The van der Waals surface area contributed by atoms with Crippen molar-refractivity contribution in [1.29, 1.82) is 0 Å². The highest BCUT2D eigenvalue weighted by Gasteiger charge is 2.07. The summed E-state index contributed by atoms with van der Waals surface area (Å²) in [6.07, 6.45) is 5.92. The molecule has 1 fully saturated rings. The molecule has 10 heavy (non-hydrogen) atoms. The van der Waals surface area contributed by atoms with Crippen LogP contribution in [0.2, 0.25) is 0 Å². The van der Waals surface area contributed by atoms with Crippen LogP contribution >= 0.6 is 0 Å². The molecule has 1 aliphatic rings. The Labute approximate surface area is 63.6 Å². The summed E-state index contributed by atoms with van der Waals surface area (Å²) in [7, 11) is 0. The van der Waals surface area contributed by atoms with Gasteiger partial charge in [0.05, 0.1) is 6.10 Å². The van der Waals surface area contributed by atoms with Crippen molar-refractivity contribution in [1.82, 2.24) is 0 Å². The van der Waals surface area contributed by atoms with Gasteiger partial charge >= 0.3 is 0 Å². The minimum absolute atomic E-state index is 0. The van der Waals surface area contributed by atoms with E-state index in [9.17, 15) is 0 Å². The quantitative estimate of drug-likeness (QED) is 0.556. The Kier molecular flexibility index (Phi) is 11.2. The zero-order chi connectivity index (χ0) is 7.11. The number of hydrogen-bond donors (Lipinski definition) is 1. The Balaban J connectivity index is 0. The summed E-state index contributed by atoms with van der Waals surface area (Å²) in [6, 6.07) is 0. The first-order chi connectivity index (χ1) is 4.39. The molecular weight excluding hydrogens is 128 g/mol. The van der Waals surface area contributed by atoms with Gasteiger partial charge < -0.3 is 10.6 Å². The number of rotatable bonds is 0. The molecule has 3 N–H and O–H groups in total. The van der Waals surface area contributed by atoms with Crippen LogP contribution in [0.15, 0.2) is 0 Å². The maximum absolute atomic E-state index is 8.91. The number of aliphatic hydroxyl groups excluding tert-OH is 1. The van der Waals surface area contributed by atoms with Crippen molar-refractivity contribution < 1.29 is 10.6 Å². The van der Waals surface area contributed by atoms with Crippen molar-refractivity contribution in [3.63, 3.8) is 0 Å². The monoisotopic (exact) mass is 148 g/mol. The molecule has 0 atom stereocenters. The van der Waals surface area contributed by atoms with Crippen molar-refractivity contribution >= 4 is 0 Å². The third-order valence-corrected chi connectivity index (χ3v) is 1.57. The molecule has 0 amide bonds.